The van der Waals surface area contributed by atoms with E-state index in [9.17, 15) is 0 Å². The third-order valence-corrected chi connectivity index (χ3v) is 12.8. The molecule has 0 aliphatic rings. The van der Waals surface area contributed by atoms with E-state index in [1.807, 2.05) is 0 Å². The molecule has 4 aromatic rings. The van der Waals surface area contributed by atoms with Crippen molar-refractivity contribution in [1.82, 2.24) is 0 Å². The molecule has 0 bridgehead atoms. The molecule has 0 nitrogen and oxygen atoms in total. The average molecular weight is 463 g/mol. The van der Waals surface area contributed by atoms with Crippen molar-refractivity contribution in [1.29, 1.82) is 0 Å². The third-order valence-electron chi connectivity index (χ3n) is 7.28. The Labute approximate surface area is 207 Å². The zero-order chi connectivity index (χ0) is 23.3. The Morgan fingerprint density at radius 3 is 0.971 bits per heavy atom. The highest BCUT2D eigenvalue weighted by Crippen LogP contribution is 2.29. The molecule has 0 atom stereocenters. The molecule has 0 aromatic heterocycles. The van der Waals surface area contributed by atoms with E-state index in [0.29, 0.717) is 0 Å². The van der Waals surface area contributed by atoms with Gasteiger partial charge in [-0.25, -0.2) is 0 Å². The lowest BCUT2D eigenvalue weighted by atomic mass is 10.1. The van der Waals surface area contributed by atoms with Crippen molar-refractivity contribution in [2.24, 2.45) is 0 Å². The summed E-state index contributed by atoms with van der Waals surface area (Å²) < 4.78 is 0. The quantitative estimate of drug-likeness (QED) is 0.175. The minimum atomic E-state index is -1.63. The van der Waals surface area contributed by atoms with Gasteiger partial charge in [-0.15, -0.1) is 0 Å². The Balaban J connectivity index is 1.50. The van der Waals surface area contributed by atoms with Crippen LogP contribution < -0.4 is 5.19 Å². The highest BCUT2D eigenvalue weighted by molar-refractivity contribution is 6.91. The number of rotatable bonds is 13. The molecule has 0 aliphatic carbocycles. The first-order valence-electron chi connectivity index (χ1n) is 13.0. The van der Waals surface area contributed by atoms with Crippen LogP contribution in [0.25, 0.3) is 0 Å². The second-order valence-electron chi connectivity index (χ2n) is 9.66. The molecule has 0 saturated heterocycles. The van der Waals surface area contributed by atoms with E-state index in [0.717, 1.165) is 0 Å². The van der Waals surface area contributed by atoms with Gasteiger partial charge in [0, 0.05) is 0 Å². The summed E-state index contributed by atoms with van der Waals surface area (Å²) in [5.41, 5.74) is 4.44. The lowest BCUT2D eigenvalue weighted by Gasteiger charge is -2.33. The van der Waals surface area contributed by atoms with Crippen molar-refractivity contribution in [3.63, 3.8) is 0 Å². The van der Waals surface area contributed by atoms with Crippen molar-refractivity contribution in [3.05, 3.63) is 138 Å². The molecule has 4 aromatic carbocycles. The van der Waals surface area contributed by atoms with Crippen LogP contribution in [0.1, 0.15) is 36.0 Å². The first-order chi connectivity index (χ1) is 16.8. The summed E-state index contributed by atoms with van der Waals surface area (Å²) in [4.78, 5) is 0. The van der Waals surface area contributed by atoms with Crippen molar-refractivity contribution in [3.8, 4) is 0 Å². The van der Waals surface area contributed by atoms with Gasteiger partial charge in [0.15, 0.2) is 0 Å². The highest BCUT2D eigenvalue weighted by atomic mass is 28.3. The summed E-state index contributed by atoms with van der Waals surface area (Å²) in [6.07, 6.45) is 7.46. The van der Waals surface area contributed by atoms with Gasteiger partial charge in [0.1, 0.15) is 0 Å². The summed E-state index contributed by atoms with van der Waals surface area (Å²) in [6.45, 7) is 0. The summed E-state index contributed by atoms with van der Waals surface area (Å²) in [5, 5.41) is 1.67. The molecule has 0 spiro atoms. The van der Waals surface area contributed by atoms with Crippen LogP contribution in [0.2, 0.25) is 18.1 Å². The lowest BCUT2D eigenvalue weighted by molar-refractivity contribution is 0.827. The molecule has 0 radical (unpaired) electrons. The van der Waals surface area contributed by atoms with Crippen LogP contribution in [0.15, 0.2) is 121 Å². The van der Waals surface area contributed by atoms with Crippen molar-refractivity contribution in [2.75, 3.05) is 0 Å². The fraction of sp³-hybridized carbons (Fsp3) is 0.273. The average Bonchev–Trinajstić information content (AvgIpc) is 2.91. The first-order valence-corrected chi connectivity index (χ1v) is 15.6. The van der Waals surface area contributed by atoms with Gasteiger partial charge in [-0.05, 0) is 36.0 Å². The fourth-order valence-corrected chi connectivity index (χ4v) is 10.5. The van der Waals surface area contributed by atoms with Gasteiger partial charge in [-0.3, -0.25) is 0 Å². The summed E-state index contributed by atoms with van der Waals surface area (Å²) in [7, 11) is -1.63. The van der Waals surface area contributed by atoms with Crippen molar-refractivity contribution >= 4 is 13.3 Å². The van der Waals surface area contributed by atoms with E-state index < -0.39 is 8.07 Å². The third kappa shape index (κ3) is 7.30. The maximum absolute atomic E-state index is 2.44. The zero-order valence-electron chi connectivity index (χ0n) is 20.4. The Kier molecular flexibility index (Phi) is 9.34. The Hall–Kier alpha value is -2.90. The van der Waals surface area contributed by atoms with Gasteiger partial charge in [-0.1, -0.05) is 164 Å². The lowest BCUT2D eigenvalue weighted by Crippen LogP contribution is -2.47. The molecule has 1 heteroatoms. The summed E-state index contributed by atoms with van der Waals surface area (Å²) in [5.74, 6) is 0. The molecule has 4 rings (SSSR count). The van der Waals surface area contributed by atoms with Gasteiger partial charge >= 0.3 is 0 Å². The standard InChI is InChI=1S/C33H38Si/c1-5-16-30(17-6-1)22-13-27-34(33-25-11-4-12-26-33,28-14-23-31-18-7-2-8-19-31)29-15-24-32-20-9-3-10-21-32/h1-12,16-21,25-26H,13-15,22-24,27-29H2. The monoisotopic (exact) mass is 462 g/mol. The van der Waals surface area contributed by atoms with Crippen LogP contribution in [0.3, 0.4) is 0 Å². The maximum Gasteiger partial charge on any atom is 0.0867 e. The SMILES string of the molecule is c1ccc(CCC[Si](CCCc2ccccc2)(CCCc2ccccc2)c2ccccc2)cc1. The Morgan fingerprint density at radius 2 is 0.647 bits per heavy atom. The molecule has 0 fully saturated rings. The normalized spacial score (nSPS) is 11.4. The summed E-state index contributed by atoms with van der Waals surface area (Å²) in [6, 6.07) is 48.9. The largest absolute Gasteiger partial charge is 0.0867 e. The van der Waals surface area contributed by atoms with Gasteiger partial charge in [0.2, 0.25) is 0 Å². The van der Waals surface area contributed by atoms with Crippen LogP contribution >= 0.6 is 0 Å². The predicted molar refractivity (Wildman–Crippen MR) is 151 cm³/mol. The smallest absolute Gasteiger partial charge is 0.0630 e. The van der Waals surface area contributed by atoms with E-state index in [1.54, 1.807) is 5.19 Å². The highest BCUT2D eigenvalue weighted by Gasteiger charge is 2.33. The molecular formula is C33H38Si. The summed E-state index contributed by atoms with van der Waals surface area (Å²) >= 11 is 0. The van der Waals surface area contributed by atoms with Crippen LogP contribution in [0, 0.1) is 0 Å². The van der Waals surface area contributed by atoms with E-state index in [-0.39, 0.29) is 0 Å². The second-order valence-corrected chi connectivity index (χ2v) is 14.3. The molecule has 0 aliphatic heterocycles. The molecule has 0 heterocycles. The van der Waals surface area contributed by atoms with Crippen LogP contribution in [0.5, 0.6) is 0 Å². The van der Waals surface area contributed by atoms with Crippen molar-refractivity contribution < 1.29 is 0 Å². The number of hydrogen-bond donors (Lipinski definition) is 0. The molecule has 0 saturated carbocycles. The van der Waals surface area contributed by atoms with E-state index in [4.69, 9.17) is 0 Å². The fourth-order valence-electron chi connectivity index (χ4n) is 5.43. The molecule has 34 heavy (non-hydrogen) atoms. The molecule has 0 unspecified atom stereocenters. The minimum absolute atomic E-state index is 1.19. The molecule has 0 N–H and O–H groups in total. The molecule has 174 valence electrons. The van der Waals surface area contributed by atoms with Crippen LogP contribution in [-0.2, 0) is 19.3 Å². The number of hydrogen-bond acceptors (Lipinski definition) is 0. The van der Waals surface area contributed by atoms with E-state index in [1.165, 1.54) is 73.3 Å². The van der Waals surface area contributed by atoms with Gasteiger partial charge in [-0.2, -0.15) is 0 Å². The topological polar surface area (TPSA) is 0 Å². The number of aryl methyl sites for hydroxylation is 3. The second kappa shape index (κ2) is 13.1. The number of benzene rings is 4. The molecule has 0 amide bonds. The Bertz CT molecular complexity index is 948. The zero-order valence-corrected chi connectivity index (χ0v) is 21.4. The van der Waals surface area contributed by atoms with Gasteiger partial charge < -0.3 is 0 Å². The minimum Gasteiger partial charge on any atom is -0.0630 e. The maximum atomic E-state index is 2.44. The van der Waals surface area contributed by atoms with Crippen LogP contribution in [-0.4, -0.2) is 8.07 Å². The first kappa shape index (κ1) is 24.2. The Morgan fingerprint density at radius 1 is 0.353 bits per heavy atom. The molecular weight excluding hydrogens is 424 g/mol. The van der Waals surface area contributed by atoms with Crippen molar-refractivity contribution in [2.45, 2.75) is 56.7 Å². The van der Waals surface area contributed by atoms with Gasteiger partial charge in [0.05, 0.1) is 8.07 Å². The predicted octanol–water partition coefficient (Wildman–Crippen LogP) is 8.24. The van der Waals surface area contributed by atoms with Crippen LogP contribution in [0.4, 0.5) is 0 Å². The van der Waals surface area contributed by atoms with Gasteiger partial charge in [0.25, 0.3) is 0 Å². The van der Waals surface area contributed by atoms with E-state index >= 15 is 0 Å². The van der Waals surface area contributed by atoms with E-state index in [2.05, 4.69) is 121 Å².